The third kappa shape index (κ3) is 3.73. The first kappa shape index (κ1) is 19.1. The van der Waals surface area contributed by atoms with Crippen LogP contribution in [-0.2, 0) is 6.54 Å². The summed E-state index contributed by atoms with van der Waals surface area (Å²) in [5.41, 5.74) is 1.65. The van der Waals surface area contributed by atoms with Gasteiger partial charge in [0.25, 0.3) is 0 Å². The van der Waals surface area contributed by atoms with Crippen LogP contribution < -0.4 is 14.8 Å². The van der Waals surface area contributed by atoms with Gasteiger partial charge in [0.2, 0.25) is 0 Å². The molecule has 4 aliphatic carbocycles. The molecule has 1 N–H and O–H groups in total. The molecule has 3 nitrogen and oxygen atoms in total. The summed E-state index contributed by atoms with van der Waals surface area (Å²) in [5, 5.41) is 4.42. The zero-order valence-corrected chi connectivity index (χ0v) is 17.4. The van der Waals surface area contributed by atoms with Crippen molar-refractivity contribution in [2.45, 2.75) is 58.0 Å². The molecule has 0 spiro atoms. The maximum atomic E-state index is 6.45. The molecule has 1 aromatic carbocycles. The smallest absolute Gasteiger partial charge is 0.180 e. The van der Waals surface area contributed by atoms with E-state index in [0.717, 1.165) is 29.9 Å². The summed E-state index contributed by atoms with van der Waals surface area (Å²) in [5.74, 6) is 4.23. The zero-order valence-electron chi connectivity index (χ0n) is 16.6. The molecule has 0 saturated heterocycles. The Morgan fingerprint density at radius 2 is 1.85 bits per heavy atom. The predicted octanol–water partition coefficient (Wildman–Crippen LogP) is 5.61. The molecule has 0 heterocycles. The quantitative estimate of drug-likeness (QED) is 0.586. The van der Waals surface area contributed by atoms with Gasteiger partial charge in [0.1, 0.15) is 6.61 Å². The van der Waals surface area contributed by atoms with Gasteiger partial charge in [-0.3, -0.25) is 0 Å². The van der Waals surface area contributed by atoms with E-state index in [1.165, 1.54) is 38.5 Å². The number of hydrogen-bond donors (Lipinski definition) is 1. The van der Waals surface area contributed by atoms with Crippen molar-refractivity contribution in [2.75, 3.05) is 13.7 Å². The van der Waals surface area contributed by atoms with Crippen molar-refractivity contribution in [3.05, 3.63) is 35.4 Å². The van der Waals surface area contributed by atoms with Crippen molar-refractivity contribution in [3.8, 4) is 11.5 Å². The summed E-state index contributed by atoms with van der Waals surface area (Å²) in [7, 11) is 1.65. The maximum absolute atomic E-state index is 6.45. The largest absolute Gasteiger partial charge is 0.493 e. The molecule has 4 aliphatic rings. The first-order valence-electron chi connectivity index (χ1n) is 10.4. The number of nitrogens with one attached hydrogen (secondary N) is 1. The van der Waals surface area contributed by atoms with Gasteiger partial charge in [0.05, 0.1) is 12.1 Å². The van der Waals surface area contributed by atoms with Crippen molar-refractivity contribution in [2.24, 2.45) is 23.2 Å². The Labute approximate surface area is 168 Å². The van der Waals surface area contributed by atoms with E-state index in [9.17, 15) is 0 Å². The molecule has 4 saturated carbocycles. The Morgan fingerprint density at radius 1 is 1.22 bits per heavy atom. The van der Waals surface area contributed by atoms with Crippen molar-refractivity contribution in [1.29, 1.82) is 0 Å². The number of methoxy groups -OCH3 is 1. The van der Waals surface area contributed by atoms with E-state index in [1.807, 2.05) is 12.1 Å². The molecule has 0 unspecified atom stereocenters. The van der Waals surface area contributed by atoms with Gasteiger partial charge in [-0.1, -0.05) is 24.3 Å². The SMILES string of the molecule is C=CCOc1c(Cl)cc(CN[C@@H](C)C23CC4CC(CC(C4)C2)C3)cc1OC. The van der Waals surface area contributed by atoms with Gasteiger partial charge >= 0.3 is 0 Å². The van der Waals surface area contributed by atoms with Crippen LogP contribution in [0.4, 0.5) is 0 Å². The van der Waals surface area contributed by atoms with Crippen molar-refractivity contribution >= 4 is 11.6 Å². The van der Waals surface area contributed by atoms with Gasteiger partial charge < -0.3 is 14.8 Å². The number of halogens is 1. The monoisotopic (exact) mass is 389 g/mol. The fourth-order valence-corrected chi connectivity index (χ4v) is 6.64. The average molecular weight is 390 g/mol. The molecule has 4 bridgehead atoms. The van der Waals surface area contributed by atoms with Crippen LogP contribution in [0.25, 0.3) is 0 Å². The lowest BCUT2D eigenvalue weighted by Gasteiger charge is -2.59. The molecule has 0 aliphatic heterocycles. The van der Waals surface area contributed by atoms with Crippen LogP contribution in [0.2, 0.25) is 5.02 Å². The van der Waals surface area contributed by atoms with E-state index in [1.54, 1.807) is 13.2 Å². The lowest BCUT2D eigenvalue weighted by atomic mass is 9.48. The molecule has 0 radical (unpaired) electrons. The molecular weight excluding hydrogens is 358 g/mol. The van der Waals surface area contributed by atoms with Gasteiger partial charge in [-0.2, -0.15) is 0 Å². The van der Waals surface area contributed by atoms with E-state index in [4.69, 9.17) is 21.1 Å². The van der Waals surface area contributed by atoms with Gasteiger partial charge in [-0.25, -0.2) is 0 Å². The second-order valence-corrected chi connectivity index (χ2v) is 9.50. The van der Waals surface area contributed by atoms with Crippen LogP contribution in [0.1, 0.15) is 51.0 Å². The number of hydrogen-bond acceptors (Lipinski definition) is 3. The lowest BCUT2D eigenvalue weighted by molar-refractivity contribution is -0.0706. The molecule has 0 aromatic heterocycles. The van der Waals surface area contributed by atoms with Crippen LogP contribution in [0.5, 0.6) is 11.5 Å². The van der Waals surface area contributed by atoms with Crippen LogP contribution in [0, 0.1) is 23.2 Å². The summed E-state index contributed by atoms with van der Waals surface area (Å²) in [6.45, 7) is 7.30. The van der Waals surface area contributed by atoms with Crippen molar-refractivity contribution in [3.63, 3.8) is 0 Å². The Balaban J connectivity index is 1.44. The second-order valence-electron chi connectivity index (χ2n) is 9.09. The highest BCUT2D eigenvalue weighted by Crippen LogP contribution is 2.61. The maximum Gasteiger partial charge on any atom is 0.180 e. The van der Waals surface area contributed by atoms with E-state index in [-0.39, 0.29) is 0 Å². The normalized spacial score (nSPS) is 32.3. The standard InChI is InChI=1S/C23H32ClNO2/c1-4-5-27-22-20(24)9-19(10-21(22)26-3)14-25-15(2)23-11-16-6-17(12-23)8-18(7-16)13-23/h4,9-10,15-18,25H,1,5-8,11-14H2,2-3H3/t15-,16?,17?,18?,23?/m0/s1. The molecule has 1 atom stereocenters. The lowest BCUT2D eigenvalue weighted by Crippen LogP contribution is -2.54. The molecule has 5 rings (SSSR count). The third-order valence-electron chi connectivity index (χ3n) is 7.25. The molecule has 27 heavy (non-hydrogen) atoms. The Bertz CT molecular complexity index is 667. The molecule has 4 heteroatoms. The Hall–Kier alpha value is -1.19. The van der Waals surface area contributed by atoms with E-state index >= 15 is 0 Å². The van der Waals surface area contributed by atoms with Gasteiger partial charge in [-0.05, 0) is 86.3 Å². The molecule has 4 fully saturated rings. The molecule has 0 amide bonds. The highest BCUT2D eigenvalue weighted by Gasteiger charge is 2.52. The summed E-state index contributed by atoms with van der Waals surface area (Å²) in [4.78, 5) is 0. The summed E-state index contributed by atoms with van der Waals surface area (Å²) < 4.78 is 11.2. The highest BCUT2D eigenvalue weighted by atomic mass is 35.5. The van der Waals surface area contributed by atoms with Gasteiger partial charge in [-0.15, -0.1) is 0 Å². The van der Waals surface area contributed by atoms with Gasteiger partial charge in [0.15, 0.2) is 11.5 Å². The number of rotatable bonds is 8. The van der Waals surface area contributed by atoms with Gasteiger partial charge in [0, 0.05) is 12.6 Å². The molecular formula is C23H32ClNO2. The topological polar surface area (TPSA) is 30.5 Å². The van der Waals surface area contributed by atoms with Crippen LogP contribution in [-0.4, -0.2) is 19.8 Å². The van der Waals surface area contributed by atoms with Crippen LogP contribution >= 0.6 is 11.6 Å². The fourth-order valence-electron chi connectivity index (χ4n) is 6.35. The predicted molar refractivity (Wildman–Crippen MR) is 111 cm³/mol. The molecule has 148 valence electrons. The van der Waals surface area contributed by atoms with E-state index < -0.39 is 0 Å². The Kier molecular flexibility index (Phi) is 5.44. The zero-order chi connectivity index (χ0) is 19.0. The Morgan fingerprint density at radius 3 is 2.41 bits per heavy atom. The number of ether oxygens (including phenoxy) is 2. The minimum Gasteiger partial charge on any atom is -0.493 e. The minimum absolute atomic E-state index is 0.413. The molecule has 1 aromatic rings. The van der Waals surface area contributed by atoms with E-state index in [2.05, 4.69) is 18.8 Å². The third-order valence-corrected chi connectivity index (χ3v) is 7.53. The van der Waals surface area contributed by atoms with E-state index in [0.29, 0.717) is 34.6 Å². The minimum atomic E-state index is 0.413. The number of benzene rings is 1. The van der Waals surface area contributed by atoms with Crippen LogP contribution in [0.15, 0.2) is 24.8 Å². The first-order valence-corrected chi connectivity index (χ1v) is 10.7. The first-order chi connectivity index (χ1) is 13.0. The summed E-state index contributed by atoms with van der Waals surface area (Å²) in [6, 6.07) is 4.55. The fraction of sp³-hybridized carbons (Fsp3) is 0.652. The highest BCUT2D eigenvalue weighted by molar-refractivity contribution is 6.32. The average Bonchev–Trinajstić information content (AvgIpc) is 2.63. The summed E-state index contributed by atoms with van der Waals surface area (Å²) in [6.07, 6.45) is 10.4. The van der Waals surface area contributed by atoms with Crippen LogP contribution in [0.3, 0.4) is 0 Å². The van der Waals surface area contributed by atoms with Crippen molar-refractivity contribution in [1.82, 2.24) is 5.32 Å². The second kappa shape index (κ2) is 7.67. The summed E-state index contributed by atoms with van der Waals surface area (Å²) >= 11 is 6.45. The van der Waals surface area contributed by atoms with Crippen molar-refractivity contribution < 1.29 is 9.47 Å².